The van der Waals surface area contributed by atoms with Crippen LogP contribution >= 0.6 is 11.6 Å². The third kappa shape index (κ3) is 3.40. The first kappa shape index (κ1) is 19.2. The zero-order valence-electron chi connectivity index (χ0n) is 15.8. The van der Waals surface area contributed by atoms with Crippen LogP contribution in [-0.4, -0.2) is 33.2 Å². The van der Waals surface area contributed by atoms with Crippen molar-refractivity contribution in [1.82, 2.24) is 9.88 Å². The molecule has 2 aromatic heterocycles. The van der Waals surface area contributed by atoms with Crippen molar-refractivity contribution >= 4 is 34.3 Å². The number of aliphatic hydroxyl groups is 1. The van der Waals surface area contributed by atoms with Crippen molar-refractivity contribution in [2.24, 2.45) is 0 Å². The number of halogens is 1. The molecule has 148 valence electrons. The number of benzene rings is 1. The lowest BCUT2D eigenvalue weighted by Gasteiger charge is -2.26. The van der Waals surface area contributed by atoms with Crippen molar-refractivity contribution in [3.05, 3.63) is 76.5 Å². The van der Waals surface area contributed by atoms with Gasteiger partial charge in [-0.05, 0) is 48.4 Å². The van der Waals surface area contributed by atoms with Gasteiger partial charge in [-0.3, -0.25) is 14.6 Å². The number of hydrogen-bond acceptors (Lipinski definition) is 5. The third-order valence-corrected chi connectivity index (χ3v) is 5.26. The Balaban J connectivity index is 1.79. The monoisotopic (exact) mass is 410 g/mol. The largest absolute Gasteiger partial charge is 0.503 e. The number of hydrogen-bond donors (Lipinski definition) is 1. The summed E-state index contributed by atoms with van der Waals surface area (Å²) >= 11 is 6.01. The number of aromatic nitrogens is 1. The molecule has 0 fully saturated rings. The number of ketones is 1. The summed E-state index contributed by atoms with van der Waals surface area (Å²) in [6.45, 7) is 2.44. The lowest BCUT2D eigenvalue weighted by molar-refractivity contribution is -0.129. The number of aliphatic hydroxyl groups excluding tert-OH is 1. The van der Waals surface area contributed by atoms with Crippen LogP contribution in [0.3, 0.4) is 0 Å². The van der Waals surface area contributed by atoms with E-state index in [1.54, 1.807) is 48.8 Å². The maximum Gasteiger partial charge on any atom is 0.290 e. The number of furan rings is 1. The maximum absolute atomic E-state index is 13.3. The first-order valence-electron chi connectivity index (χ1n) is 9.39. The van der Waals surface area contributed by atoms with Gasteiger partial charge in [-0.1, -0.05) is 24.9 Å². The molecule has 29 heavy (non-hydrogen) atoms. The van der Waals surface area contributed by atoms with E-state index in [1.807, 2.05) is 6.92 Å². The highest BCUT2D eigenvalue weighted by molar-refractivity contribution is 6.31. The van der Waals surface area contributed by atoms with Gasteiger partial charge >= 0.3 is 0 Å². The van der Waals surface area contributed by atoms with Gasteiger partial charge in [0.15, 0.2) is 11.5 Å². The predicted octanol–water partition coefficient (Wildman–Crippen LogP) is 4.86. The standard InChI is InChI=1S/C22H19ClN2O4/c1-2-3-10-25-19(13-6-8-24-9-7-13)18(21(27)22(25)28)20(26)17-12-14-11-15(23)4-5-16(14)29-17/h4-9,11-12,19,27H,2-3,10H2,1H3. The molecule has 1 aliphatic rings. The van der Waals surface area contributed by atoms with E-state index in [-0.39, 0.29) is 11.3 Å². The van der Waals surface area contributed by atoms with E-state index in [9.17, 15) is 14.7 Å². The van der Waals surface area contributed by atoms with Crippen LogP contribution < -0.4 is 0 Å². The average Bonchev–Trinajstić information content (AvgIpc) is 3.25. The normalized spacial score (nSPS) is 16.8. The molecule has 0 aliphatic carbocycles. The number of amides is 1. The van der Waals surface area contributed by atoms with Gasteiger partial charge in [-0.25, -0.2) is 0 Å². The Labute approximate surface area is 172 Å². The number of carbonyl (C=O) groups is 2. The molecule has 0 bridgehead atoms. The molecule has 0 saturated carbocycles. The summed E-state index contributed by atoms with van der Waals surface area (Å²) in [4.78, 5) is 31.6. The second kappa shape index (κ2) is 7.72. The van der Waals surface area contributed by atoms with Crippen molar-refractivity contribution < 1.29 is 19.1 Å². The quantitative estimate of drug-likeness (QED) is 0.586. The molecule has 7 heteroatoms. The predicted molar refractivity (Wildman–Crippen MR) is 109 cm³/mol. The van der Waals surface area contributed by atoms with E-state index in [4.69, 9.17) is 16.0 Å². The number of fused-ring (bicyclic) bond motifs is 1. The van der Waals surface area contributed by atoms with Gasteiger partial charge < -0.3 is 14.4 Å². The van der Waals surface area contributed by atoms with Gasteiger partial charge in [-0.2, -0.15) is 0 Å². The summed E-state index contributed by atoms with van der Waals surface area (Å²) < 4.78 is 5.69. The fraction of sp³-hybridized carbons (Fsp3) is 0.227. The Bertz CT molecular complexity index is 1120. The number of Topliss-reactive ketones (excluding diaryl/α,β-unsaturated/α-hetero) is 1. The Morgan fingerprint density at radius 1 is 1.24 bits per heavy atom. The van der Waals surface area contributed by atoms with Crippen molar-refractivity contribution in [2.75, 3.05) is 6.54 Å². The highest BCUT2D eigenvalue weighted by Gasteiger charge is 2.44. The SMILES string of the molecule is CCCCN1C(=O)C(O)=C(C(=O)c2cc3cc(Cl)ccc3o2)C1c1ccncc1. The minimum absolute atomic E-state index is 0.0162. The minimum Gasteiger partial charge on any atom is -0.503 e. The van der Waals surface area contributed by atoms with E-state index in [0.29, 0.717) is 28.1 Å². The number of unbranched alkanes of at least 4 members (excludes halogenated alkanes) is 1. The van der Waals surface area contributed by atoms with Crippen LogP contribution in [0.4, 0.5) is 0 Å². The topological polar surface area (TPSA) is 83.6 Å². The van der Waals surface area contributed by atoms with Gasteiger partial charge in [0.1, 0.15) is 5.58 Å². The van der Waals surface area contributed by atoms with E-state index in [2.05, 4.69) is 4.98 Å². The van der Waals surface area contributed by atoms with Crippen molar-refractivity contribution in [1.29, 1.82) is 0 Å². The van der Waals surface area contributed by atoms with Gasteiger partial charge in [-0.15, -0.1) is 0 Å². The summed E-state index contributed by atoms with van der Waals surface area (Å²) in [5.74, 6) is -1.56. The summed E-state index contributed by atoms with van der Waals surface area (Å²) in [7, 11) is 0. The smallest absolute Gasteiger partial charge is 0.290 e. The zero-order chi connectivity index (χ0) is 20.5. The number of rotatable bonds is 6. The van der Waals surface area contributed by atoms with E-state index >= 15 is 0 Å². The summed E-state index contributed by atoms with van der Waals surface area (Å²) in [6, 6.07) is 9.40. The fourth-order valence-electron chi connectivity index (χ4n) is 3.60. The van der Waals surface area contributed by atoms with Gasteiger partial charge in [0.05, 0.1) is 11.6 Å². The van der Waals surface area contributed by atoms with Gasteiger partial charge in [0, 0.05) is 29.3 Å². The van der Waals surface area contributed by atoms with Crippen LogP contribution in [0.5, 0.6) is 0 Å². The van der Waals surface area contributed by atoms with Crippen LogP contribution in [-0.2, 0) is 4.79 Å². The molecule has 1 unspecified atom stereocenters. The Morgan fingerprint density at radius 3 is 2.72 bits per heavy atom. The summed E-state index contributed by atoms with van der Waals surface area (Å²) in [5, 5.41) is 11.8. The third-order valence-electron chi connectivity index (χ3n) is 5.02. The molecule has 1 aromatic carbocycles. The Kier molecular flexibility index (Phi) is 5.11. The molecule has 3 heterocycles. The van der Waals surface area contributed by atoms with Gasteiger partial charge in [0.2, 0.25) is 5.78 Å². The molecule has 6 nitrogen and oxygen atoms in total. The first-order valence-corrected chi connectivity index (χ1v) is 9.77. The van der Waals surface area contributed by atoms with Crippen LogP contribution in [0, 0.1) is 0 Å². The van der Waals surface area contributed by atoms with E-state index in [0.717, 1.165) is 12.8 Å². The lowest BCUT2D eigenvalue weighted by atomic mass is 9.95. The average molecular weight is 411 g/mol. The Hall–Kier alpha value is -3.12. The molecule has 4 rings (SSSR count). The molecular formula is C22H19ClN2O4. The zero-order valence-corrected chi connectivity index (χ0v) is 16.5. The highest BCUT2D eigenvalue weighted by atomic mass is 35.5. The molecule has 0 spiro atoms. The van der Waals surface area contributed by atoms with Crippen molar-refractivity contribution in [2.45, 2.75) is 25.8 Å². The van der Waals surface area contributed by atoms with Crippen molar-refractivity contribution in [3.8, 4) is 0 Å². The van der Waals surface area contributed by atoms with Gasteiger partial charge in [0.25, 0.3) is 5.91 Å². The molecule has 0 radical (unpaired) electrons. The number of nitrogens with zero attached hydrogens (tertiary/aromatic N) is 2. The fourth-order valence-corrected chi connectivity index (χ4v) is 3.78. The highest BCUT2D eigenvalue weighted by Crippen LogP contribution is 2.39. The molecule has 1 aliphatic heterocycles. The second-order valence-corrected chi connectivity index (χ2v) is 7.36. The lowest BCUT2D eigenvalue weighted by Crippen LogP contribution is -2.32. The summed E-state index contributed by atoms with van der Waals surface area (Å²) in [6.07, 6.45) is 4.82. The van der Waals surface area contributed by atoms with Crippen LogP contribution in [0.1, 0.15) is 41.9 Å². The molecule has 3 aromatic rings. The second-order valence-electron chi connectivity index (χ2n) is 6.92. The van der Waals surface area contributed by atoms with Crippen LogP contribution in [0.15, 0.2) is 64.5 Å². The molecule has 1 N–H and O–H groups in total. The number of carbonyl (C=O) groups excluding carboxylic acids is 2. The maximum atomic E-state index is 13.3. The molecular weight excluding hydrogens is 392 g/mol. The Morgan fingerprint density at radius 2 is 2.00 bits per heavy atom. The van der Waals surface area contributed by atoms with E-state index < -0.39 is 23.5 Å². The van der Waals surface area contributed by atoms with E-state index in [1.165, 1.54) is 4.90 Å². The van der Waals surface area contributed by atoms with Crippen molar-refractivity contribution in [3.63, 3.8) is 0 Å². The first-order chi connectivity index (χ1) is 14.0. The minimum atomic E-state index is -0.693. The summed E-state index contributed by atoms with van der Waals surface area (Å²) in [5.41, 5.74) is 1.23. The van der Waals surface area contributed by atoms with Crippen LogP contribution in [0.25, 0.3) is 11.0 Å². The number of pyridine rings is 1. The molecule has 0 saturated heterocycles. The molecule has 1 amide bonds. The van der Waals surface area contributed by atoms with Crippen LogP contribution in [0.2, 0.25) is 5.02 Å². The molecule has 1 atom stereocenters.